The minimum Gasteiger partial charge on any atom is -0.339 e. The van der Waals surface area contributed by atoms with Crippen molar-refractivity contribution in [3.8, 4) is 0 Å². The van der Waals surface area contributed by atoms with E-state index in [0.717, 1.165) is 11.1 Å². The predicted octanol–water partition coefficient (Wildman–Crippen LogP) is 8.60. The monoisotopic (exact) mass is 582 g/mol. The van der Waals surface area contributed by atoms with Gasteiger partial charge in [0.25, 0.3) is 0 Å². The highest BCUT2D eigenvalue weighted by Crippen LogP contribution is 2.51. The van der Waals surface area contributed by atoms with E-state index in [9.17, 15) is 0 Å². The van der Waals surface area contributed by atoms with Crippen LogP contribution in [0.3, 0.4) is 0 Å². The van der Waals surface area contributed by atoms with Crippen molar-refractivity contribution in [1.82, 2.24) is 0 Å². The van der Waals surface area contributed by atoms with E-state index in [0.29, 0.717) is 0 Å². The van der Waals surface area contributed by atoms with E-state index in [-0.39, 0.29) is 12.2 Å². The summed E-state index contributed by atoms with van der Waals surface area (Å²) >= 11 is 0. The van der Waals surface area contributed by atoms with Crippen molar-refractivity contribution in [3.05, 3.63) is 193 Å². The van der Waals surface area contributed by atoms with Crippen molar-refractivity contribution in [1.29, 1.82) is 0 Å². The fourth-order valence-electron chi connectivity index (χ4n) is 4.89. The summed E-state index contributed by atoms with van der Waals surface area (Å²) in [5.41, 5.74) is 2.17. The molecule has 0 bridgehead atoms. The van der Waals surface area contributed by atoms with Gasteiger partial charge in [0, 0.05) is 21.2 Å². The highest BCUT2D eigenvalue weighted by molar-refractivity contribution is 7.69. The molecule has 0 aliphatic carbocycles. The molecule has 0 spiro atoms. The molecule has 0 saturated heterocycles. The van der Waals surface area contributed by atoms with Crippen LogP contribution in [-0.4, -0.2) is 0 Å². The van der Waals surface area contributed by atoms with Gasteiger partial charge < -0.3 is 9.05 Å². The quantitative estimate of drug-likeness (QED) is 0.143. The highest BCUT2D eigenvalue weighted by atomic mass is 31.1. The molecule has 0 aliphatic rings. The van der Waals surface area contributed by atoms with Gasteiger partial charge in [-0.25, -0.2) is 0 Å². The topological polar surface area (TPSA) is 18.5 Å². The maximum atomic E-state index is 7.35. The molecule has 0 radical (unpaired) electrons. The minimum absolute atomic E-state index is 0.363. The van der Waals surface area contributed by atoms with E-state index in [1.54, 1.807) is 0 Å². The predicted molar refractivity (Wildman–Crippen MR) is 179 cm³/mol. The average molecular weight is 583 g/mol. The molecule has 0 N–H and O–H groups in total. The summed E-state index contributed by atoms with van der Waals surface area (Å²) < 4.78 is 14.7. The van der Waals surface area contributed by atoms with Gasteiger partial charge in [-0.3, -0.25) is 0 Å². The summed E-state index contributed by atoms with van der Waals surface area (Å²) in [6, 6.07) is 63.3. The molecular weight excluding hydrogens is 550 g/mol. The Balaban J connectivity index is 1.49. The molecule has 0 aromatic heterocycles. The van der Waals surface area contributed by atoms with Crippen LogP contribution in [0.4, 0.5) is 0 Å². The zero-order valence-electron chi connectivity index (χ0n) is 23.2. The lowest BCUT2D eigenvalue weighted by molar-refractivity contribution is 0.0749. The molecular formula is C38H32O2P2. The Morgan fingerprint density at radius 1 is 0.286 bits per heavy atom. The Labute approximate surface area is 251 Å². The molecule has 42 heavy (non-hydrogen) atoms. The van der Waals surface area contributed by atoms with Crippen LogP contribution in [0.25, 0.3) is 0 Å². The number of hydrogen-bond donors (Lipinski definition) is 0. The van der Waals surface area contributed by atoms with Gasteiger partial charge in [0.15, 0.2) is 0 Å². The second-order valence-corrected chi connectivity index (χ2v) is 13.5. The van der Waals surface area contributed by atoms with Crippen LogP contribution < -0.4 is 21.2 Å². The maximum absolute atomic E-state index is 7.35. The Hall–Kier alpha value is -3.90. The van der Waals surface area contributed by atoms with Gasteiger partial charge >= 0.3 is 0 Å². The van der Waals surface area contributed by atoms with Crippen molar-refractivity contribution < 1.29 is 9.05 Å². The molecule has 0 heterocycles. The molecule has 206 valence electrons. The van der Waals surface area contributed by atoms with Crippen LogP contribution in [0.2, 0.25) is 0 Å². The minimum atomic E-state index is -1.14. The van der Waals surface area contributed by atoms with Gasteiger partial charge in [-0.2, -0.15) is 0 Å². The van der Waals surface area contributed by atoms with Gasteiger partial charge in [-0.1, -0.05) is 182 Å². The fraction of sp³-hybridized carbons (Fsp3) is 0.0526. The van der Waals surface area contributed by atoms with Gasteiger partial charge in [-0.15, -0.1) is 0 Å². The Bertz CT molecular complexity index is 1410. The van der Waals surface area contributed by atoms with Gasteiger partial charge in [-0.05, 0) is 11.1 Å². The van der Waals surface area contributed by atoms with Gasteiger partial charge in [0.05, 0.1) is 16.3 Å². The fourth-order valence-corrected chi connectivity index (χ4v) is 8.66. The van der Waals surface area contributed by atoms with Gasteiger partial charge in [0.2, 0.25) is 0 Å². The summed E-state index contributed by atoms with van der Waals surface area (Å²) in [7, 11) is -2.29. The summed E-state index contributed by atoms with van der Waals surface area (Å²) in [6.45, 7) is 0. The lowest BCUT2D eigenvalue weighted by Gasteiger charge is -2.34. The van der Waals surface area contributed by atoms with Crippen LogP contribution in [-0.2, 0) is 9.05 Å². The number of rotatable bonds is 11. The molecule has 4 heteroatoms. The first-order valence-corrected chi connectivity index (χ1v) is 16.6. The first-order chi connectivity index (χ1) is 20.9. The third-order valence-electron chi connectivity index (χ3n) is 6.93. The van der Waals surface area contributed by atoms with Crippen molar-refractivity contribution >= 4 is 37.5 Å². The summed E-state index contributed by atoms with van der Waals surface area (Å²) in [4.78, 5) is 0. The molecule has 0 saturated carbocycles. The summed E-state index contributed by atoms with van der Waals surface area (Å²) in [5, 5.41) is 4.67. The van der Waals surface area contributed by atoms with Crippen LogP contribution in [0.1, 0.15) is 23.3 Å². The van der Waals surface area contributed by atoms with E-state index in [4.69, 9.17) is 9.05 Å². The van der Waals surface area contributed by atoms with E-state index in [1.165, 1.54) is 21.2 Å². The largest absolute Gasteiger partial charge is 0.339 e. The average Bonchev–Trinajstić information content (AvgIpc) is 3.09. The highest BCUT2D eigenvalue weighted by Gasteiger charge is 2.34. The van der Waals surface area contributed by atoms with Crippen LogP contribution >= 0.6 is 16.3 Å². The second kappa shape index (κ2) is 14.3. The first kappa shape index (κ1) is 28.2. The lowest BCUT2D eigenvalue weighted by Crippen LogP contribution is -2.23. The Morgan fingerprint density at radius 2 is 0.500 bits per heavy atom. The van der Waals surface area contributed by atoms with Crippen molar-refractivity contribution in [3.63, 3.8) is 0 Å². The standard InChI is InChI=1S/C38H32O2P2/c1-7-19-31(20-8-1)37(39-41(33-23-11-3-12-24-33)34-25-13-4-14-26-34)38(32-21-9-2-10-22-32)40-42(35-27-15-5-16-28-35)36-29-17-6-18-30-36/h1-30,37-38H/t37-,38-/m1/s1. The normalized spacial score (nSPS) is 12.7. The molecule has 0 unspecified atom stereocenters. The molecule has 0 amide bonds. The Morgan fingerprint density at radius 3 is 0.738 bits per heavy atom. The smallest absolute Gasteiger partial charge is 0.118 e. The first-order valence-electron chi connectivity index (χ1n) is 14.1. The van der Waals surface area contributed by atoms with Crippen LogP contribution in [0.15, 0.2) is 182 Å². The molecule has 2 atom stereocenters. The van der Waals surface area contributed by atoms with E-state index in [1.807, 2.05) is 0 Å². The van der Waals surface area contributed by atoms with E-state index in [2.05, 4.69) is 182 Å². The molecule has 6 rings (SSSR count). The SMILES string of the molecule is c1ccc([C@@H](OP(c2ccccc2)c2ccccc2)[C@H](OP(c2ccccc2)c2ccccc2)c2ccccc2)cc1. The molecule has 0 aliphatic heterocycles. The second-order valence-electron chi connectivity index (χ2n) is 9.80. The molecule has 6 aromatic carbocycles. The number of benzene rings is 6. The van der Waals surface area contributed by atoms with E-state index < -0.39 is 16.3 Å². The van der Waals surface area contributed by atoms with Gasteiger partial charge in [0.1, 0.15) is 12.2 Å². The molecule has 0 fully saturated rings. The molecule has 6 aromatic rings. The summed E-state index contributed by atoms with van der Waals surface area (Å²) in [6.07, 6.45) is -0.727. The third kappa shape index (κ3) is 6.93. The van der Waals surface area contributed by atoms with E-state index >= 15 is 0 Å². The zero-order chi connectivity index (χ0) is 28.4. The van der Waals surface area contributed by atoms with Crippen LogP contribution in [0.5, 0.6) is 0 Å². The van der Waals surface area contributed by atoms with Crippen molar-refractivity contribution in [2.45, 2.75) is 12.2 Å². The number of hydrogen-bond acceptors (Lipinski definition) is 2. The molecule has 2 nitrogen and oxygen atoms in total. The maximum Gasteiger partial charge on any atom is 0.118 e. The summed E-state index contributed by atoms with van der Waals surface area (Å²) in [5.74, 6) is 0. The third-order valence-corrected chi connectivity index (χ3v) is 10.9. The van der Waals surface area contributed by atoms with Crippen molar-refractivity contribution in [2.24, 2.45) is 0 Å². The zero-order valence-corrected chi connectivity index (χ0v) is 25.0. The Kier molecular flexibility index (Phi) is 9.63. The van der Waals surface area contributed by atoms with Crippen molar-refractivity contribution in [2.75, 3.05) is 0 Å². The lowest BCUT2D eigenvalue weighted by atomic mass is 9.98. The van der Waals surface area contributed by atoms with Crippen LogP contribution in [0, 0.1) is 0 Å².